The number of aryl methyl sites for hydroxylation is 2. The molecule has 0 atom stereocenters. The molecule has 7 nitrogen and oxygen atoms in total. The number of aromatic nitrogens is 2. The molecule has 0 bridgehead atoms. The largest absolute Gasteiger partial charge is 0.321 e. The Morgan fingerprint density at radius 2 is 1.76 bits per heavy atom. The van der Waals surface area contributed by atoms with Crippen LogP contribution < -0.4 is 16.2 Å². The lowest BCUT2D eigenvalue weighted by atomic mass is 10.1. The van der Waals surface area contributed by atoms with Crippen LogP contribution in [-0.2, 0) is 12.8 Å². The number of amides is 2. The molecule has 0 aliphatic carbocycles. The van der Waals surface area contributed by atoms with Crippen LogP contribution in [0.5, 0.6) is 0 Å². The summed E-state index contributed by atoms with van der Waals surface area (Å²) in [7, 11) is 0. The van der Waals surface area contributed by atoms with Crippen molar-refractivity contribution in [3.8, 4) is 0 Å². The second-order valence-corrected chi connectivity index (χ2v) is 8.64. The number of nitrogens with one attached hydrogen (secondary N) is 2. The first kappa shape index (κ1) is 23.3. The first-order chi connectivity index (χ1) is 16.4. The Morgan fingerprint density at radius 3 is 2.47 bits per heavy atom. The predicted octanol–water partition coefficient (Wildman–Crippen LogP) is 4.91. The molecular weight excluding hydrogens is 455 g/mol. The van der Waals surface area contributed by atoms with Crippen LogP contribution in [0.15, 0.2) is 59.4 Å². The van der Waals surface area contributed by atoms with Crippen molar-refractivity contribution < 1.29 is 14.0 Å². The first-order valence-electron chi connectivity index (χ1n) is 10.9. The van der Waals surface area contributed by atoms with Crippen molar-refractivity contribution in [1.82, 2.24) is 9.38 Å². The number of nitrogens with zero attached hydrogens (tertiary/aromatic N) is 2. The second-order valence-electron chi connectivity index (χ2n) is 7.66. The zero-order valence-corrected chi connectivity index (χ0v) is 19.5. The molecule has 2 aromatic heterocycles. The number of carbonyl (C=O) groups is 2. The molecule has 2 heterocycles. The van der Waals surface area contributed by atoms with Gasteiger partial charge in [-0.3, -0.25) is 14.4 Å². The number of carbonyl (C=O) groups excluding carboxylic acids is 2. The summed E-state index contributed by atoms with van der Waals surface area (Å²) in [6.45, 7) is 3.94. The number of halogens is 1. The number of hydrogen-bond acceptors (Lipinski definition) is 5. The van der Waals surface area contributed by atoms with E-state index in [0.29, 0.717) is 29.9 Å². The van der Waals surface area contributed by atoms with Gasteiger partial charge in [-0.25, -0.2) is 13.8 Å². The third kappa shape index (κ3) is 4.74. The van der Waals surface area contributed by atoms with Gasteiger partial charge in [-0.1, -0.05) is 49.8 Å². The number of fused-ring (bicyclic) bond motifs is 1. The molecule has 174 valence electrons. The molecule has 0 saturated carbocycles. The van der Waals surface area contributed by atoms with Crippen LogP contribution in [0.4, 0.5) is 15.8 Å². The minimum atomic E-state index is -0.594. The van der Waals surface area contributed by atoms with Gasteiger partial charge in [0.15, 0.2) is 4.96 Å². The van der Waals surface area contributed by atoms with Gasteiger partial charge in [-0.05, 0) is 48.7 Å². The van der Waals surface area contributed by atoms with Gasteiger partial charge in [0, 0.05) is 23.1 Å². The van der Waals surface area contributed by atoms with Gasteiger partial charge < -0.3 is 10.6 Å². The maximum Gasteiger partial charge on any atom is 0.274 e. The molecule has 0 aliphatic rings. The number of para-hydroxylation sites is 1. The van der Waals surface area contributed by atoms with Gasteiger partial charge in [-0.2, -0.15) is 0 Å². The summed E-state index contributed by atoms with van der Waals surface area (Å²) in [5.41, 5.74) is 1.96. The van der Waals surface area contributed by atoms with E-state index in [9.17, 15) is 18.8 Å². The molecule has 2 N–H and O–H groups in total. The molecule has 9 heteroatoms. The number of anilines is 2. The van der Waals surface area contributed by atoms with E-state index in [-0.39, 0.29) is 15.5 Å². The van der Waals surface area contributed by atoms with Crippen molar-refractivity contribution in [2.24, 2.45) is 0 Å². The Hall–Kier alpha value is -3.85. The highest BCUT2D eigenvalue weighted by Gasteiger charge is 2.27. The van der Waals surface area contributed by atoms with Crippen molar-refractivity contribution in [3.63, 3.8) is 0 Å². The van der Waals surface area contributed by atoms with Crippen LogP contribution in [0.25, 0.3) is 4.96 Å². The molecule has 4 rings (SSSR count). The maximum absolute atomic E-state index is 13.4. The van der Waals surface area contributed by atoms with Gasteiger partial charge >= 0.3 is 0 Å². The van der Waals surface area contributed by atoms with Crippen molar-refractivity contribution in [2.45, 2.75) is 33.1 Å². The Labute approximate surface area is 199 Å². The van der Waals surface area contributed by atoms with E-state index in [2.05, 4.69) is 15.6 Å². The van der Waals surface area contributed by atoms with Gasteiger partial charge in [0.05, 0.1) is 0 Å². The summed E-state index contributed by atoms with van der Waals surface area (Å²) in [6, 6.07) is 14.0. The van der Waals surface area contributed by atoms with Gasteiger partial charge in [0.25, 0.3) is 17.4 Å². The molecule has 2 aromatic carbocycles. The average molecular weight is 479 g/mol. The Morgan fingerprint density at radius 1 is 1.03 bits per heavy atom. The van der Waals surface area contributed by atoms with Crippen molar-refractivity contribution >= 4 is 39.5 Å². The van der Waals surface area contributed by atoms with Crippen LogP contribution in [0.2, 0.25) is 0 Å². The quantitative estimate of drug-likeness (QED) is 0.395. The van der Waals surface area contributed by atoms with Crippen LogP contribution in [0.1, 0.15) is 51.7 Å². The molecular formula is C25H23FN4O3S. The van der Waals surface area contributed by atoms with Crippen LogP contribution >= 0.6 is 11.3 Å². The first-order valence-corrected chi connectivity index (χ1v) is 11.7. The zero-order chi connectivity index (χ0) is 24.2. The second kappa shape index (κ2) is 9.96. The molecule has 0 fully saturated rings. The number of rotatable bonds is 7. The fourth-order valence-electron chi connectivity index (χ4n) is 3.62. The normalized spacial score (nSPS) is 10.9. The lowest BCUT2D eigenvalue weighted by Crippen LogP contribution is -2.25. The SMILES string of the molecule is CCCc1cc(=O)n2c(C(=O)Nc3ccccc3CC)c(C(=O)Nc3ccc(F)cc3)sc2n1. The van der Waals surface area contributed by atoms with Gasteiger partial charge in [-0.15, -0.1) is 0 Å². The fraction of sp³-hybridized carbons (Fsp3) is 0.200. The van der Waals surface area contributed by atoms with Crippen molar-refractivity contribution in [2.75, 3.05) is 10.6 Å². The Bertz CT molecular complexity index is 1430. The molecule has 0 radical (unpaired) electrons. The number of thiazole rings is 1. The third-order valence-corrected chi connectivity index (χ3v) is 6.29. The van der Waals surface area contributed by atoms with E-state index in [0.717, 1.165) is 23.3 Å². The summed E-state index contributed by atoms with van der Waals surface area (Å²) in [5, 5.41) is 5.51. The van der Waals surface area contributed by atoms with E-state index in [1.165, 1.54) is 34.7 Å². The summed E-state index contributed by atoms with van der Waals surface area (Å²) in [6.07, 6.45) is 2.10. The highest BCUT2D eigenvalue weighted by Crippen LogP contribution is 2.25. The monoisotopic (exact) mass is 478 g/mol. The molecule has 4 aromatic rings. The highest BCUT2D eigenvalue weighted by atomic mass is 32.1. The molecule has 0 aliphatic heterocycles. The van der Waals surface area contributed by atoms with E-state index in [1.807, 2.05) is 26.0 Å². The van der Waals surface area contributed by atoms with Crippen LogP contribution in [0.3, 0.4) is 0 Å². The van der Waals surface area contributed by atoms with Gasteiger partial charge in [0.2, 0.25) is 0 Å². The maximum atomic E-state index is 13.4. The number of hydrogen-bond donors (Lipinski definition) is 2. The minimum absolute atomic E-state index is 0.0362. The predicted molar refractivity (Wildman–Crippen MR) is 131 cm³/mol. The van der Waals surface area contributed by atoms with E-state index >= 15 is 0 Å². The van der Waals surface area contributed by atoms with E-state index in [1.54, 1.807) is 12.1 Å². The van der Waals surface area contributed by atoms with E-state index in [4.69, 9.17) is 0 Å². The lowest BCUT2D eigenvalue weighted by Gasteiger charge is -2.11. The van der Waals surface area contributed by atoms with Crippen molar-refractivity contribution in [3.05, 3.63) is 92.6 Å². The Balaban J connectivity index is 1.81. The lowest BCUT2D eigenvalue weighted by molar-refractivity contribution is 0.0989. The summed E-state index contributed by atoms with van der Waals surface area (Å²) in [5.74, 6) is -1.62. The average Bonchev–Trinajstić information content (AvgIpc) is 3.21. The fourth-order valence-corrected chi connectivity index (χ4v) is 4.66. The van der Waals surface area contributed by atoms with Crippen LogP contribution in [-0.4, -0.2) is 21.2 Å². The summed E-state index contributed by atoms with van der Waals surface area (Å²) < 4.78 is 14.4. The third-order valence-electron chi connectivity index (χ3n) is 5.25. The van der Waals surface area contributed by atoms with Crippen molar-refractivity contribution in [1.29, 1.82) is 0 Å². The highest BCUT2D eigenvalue weighted by molar-refractivity contribution is 7.19. The molecule has 2 amide bonds. The van der Waals surface area contributed by atoms with Gasteiger partial charge in [0.1, 0.15) is 16.4 Å². The zero-order valence-electron chi connectivity index (χ0n) is 18.7. The van der Waals surface area contributed by atoms with Crippen LogP contribution in [0, 0.1) is 5.82 Å². The van der Waals surface area contributed by atoms with E-state index < -0.39 is 23.2 Å². The smallest absolute Gasteiger partial charge is 0.274 e. The minimum Gasteiger partial charge on any atom is -0.321 e. The molecule has 0 unspecified atom stereocenters. The summed E-state index contributed by atoms with van der Waals surface area (Å²) >= 11 is 0.962. The standard InChI is InChI=1S/C25H23FN4O3S/c1-3-7-18-14-20(31)30-21(23(32)29-19-9-6-5-8-15(19)4-2)22(34-25(30)28-18)24(33)27-17-12-10-16(26)11-13-17/h5-6,8-14H,3-4,7H2,1-2H3,(H,27,33)(H,29,32). The number of benzene rings is 2. The molecule has 0 spiro atoms. The topological polar surface area (TPSA) is 92.6 Å². The summed E-state index contributed by atoms with van der Waals surface area (Å²) in [4.78, 5) is 44.4. The Kier molecular flexibility index (Phi) is 6.83. The molecule has 0 saturated heterocycles. The molecule has 34 heavy (non-hydrogen) atoms.